The first-order valence-corrected chi connectivity index (χ1v) is 10.4. The summed E-state index contributed by atoms with van der Waals surface area (Å²) in [6.45, 7) is 0. The van der Waals surface area contributed by atoms with Crippen LogP contribution < -0.4 is 0 Å². The molecular weight excluding hydrogens is 397 g/mol. The molecule has 1 saturated carbocycles. The van der Waals surface area contributed by atoms with Gasteiger partial charge in [-0.3, -0.25) is 9.78 Å². The van der Waals surface area contributed by atoms with Gasteiger partial charge in [-0.25, -0.2) is 4.39 Å². The molecule has 1 aliphatic rings. The zero-order valence-electron chi connectivity index (χ0n) is 16.9. The number of para-hydroxylation sites is 1. The second-order valence-electron chi connectivity index (χ2n) is 8.00. The molecule has 4 rings (SSSR count). The maximum atomic E-state index is 13.6. The van der Waals surface area contributed by atoms with Gasteiger partial charge in [-0.15, -0.1) is 0 Å². The highest BCUT2D eigenvalue weighted by atomic mass is 19.1. The average molecular weight is 421 g/mol. The van der Waals surface area contributed by atoms with Crippen molar-refractivity contribution in [2.45, 2.75) is 43.8 Å². The average Bonchev–Trinajstić information content (AvgIpc) is 3.56. The summed E-state index contributed by atoms with van der Waals surface area (Å²) in [5, 5.41) is 29.9. The van der Waals surface area contributed by atoms with Gasteiger partial charge in [-0.1, -0.05) is 42.5 Å². The summed E-state index contributed by atoms with van der Waals surface area (Å²) in [7, 11) is 0. The molecule has 160 valence electrons. The number of benzene rings is 2. The lowest BCUT2D eigenvalue weighted by Crippen LogP contribution is -2.19. The minimum absolute atomic E-state index is 0.0749. The molecule has 1 heterocycles. The van der Waals surface area contributed by atoms with Crippen molar-refractivity contribution in [3.8, 4) is 11.1 Å². The zero-order valence-corrected chi connectivity index (χ0v) is 16.9. The van der Waals surface area contributed by atoms with Crippen LogP contribution in [-0.2, 0) is 4.79 Å². The Hall–Kier alpha value is -3.09. The van der Waals surface area contributed by atoms with E-state index >= 15 is 0 Å². The van der Waals surface area contributed by atoms with Gasteiger partial charge in [0.25, 0.3) is 0 Å². The smallest absolute Gasteiger partial charge is 0.305 e. The standard InChI is InChI=1S/C25H24FNO4/c26-17-9-7-15(8-10-17)24-20-3-1-2-4-22(20)27-25(16-5-6-16)21(24)12-11-18(28)13-19(29)14-23(30)31/h1-4,7-12,16,18-19,28-29H,5-6,13-14H2,(H,30,31)/b12-11-/t18-,19-/m1/s1. The summed E-state index contributed by atoms with van der Waals surface area (Å²) < 4.78 is 13.6. The quantitative estimate of drug-likeness (QED) is 0.498. The number of carbonyl (C=O) groups is 1. The zero-order chi connectivity index (χ0) is 22.0. The fourth-order valence-corrected chi connectivity index (χ4v) is 3.86. The number of carboxylic acid groups (broad SMARTS) is 1. The highest BCUT2D eigenvalue weighted by molar-refractivity contribution is 5.99. The van der Waals surface area contributed by atoms with Gasteiger partial charge in [0.1, 0.15) is 5.82 Å². The normalized spacial score (nSPS) is 16.0. The van der Waals surface area contributed by atoms with Crippen molar-refractivity contribution < 1.29 is 24.5 Å². The Balaban J connectivity index is 1.79. The fourth-order valence-electron chi connectivity index (χ4n) is 3.86. The number of nitrogens with zero attached hydrogens (tertiary/aromatic N) is 1. The van der Waals surface area contributed by atoms with E-state index in [-0.39, 0.29) is 12.2 Å². The van der Waals surface area contributed by atoms with Gasteiger partial charge in [0.15, 0.2) is 0 Å². The van der Waals surface area contributed by atoms with Gasteiger partial charge in [-0.05, 0) is 36.6 Å². The molecule has 1 aliphatic carbocycles. The van der Waals surface area contributed by atoms with Crippen LogP contribution in [-0.4, -0.2) is 38.5 Å². The Morgan fingerprint density at radius 2 is 1.84 bits per heavy atom. The Labute approximate surface area is 179 Å². The highest BCUT2D eigenvalue weighted by Crippen LogP contribution is 2.45. The van der Waals surface area contributed by atoms with E-state index in [2.05, 4.69) is 0 Å². The van der Waals surface area contributed by atoms with Crippen LogP contribution in [0.5, 0.6) is 0 Å². The van der Waals surface area contributed by atoms with Crippen molar-refractivity contribution in [1.82, 2.24) is 4.98 Å². The molecule has 31 heavy (non-hydrogen) atoms. The number of aliphatic hydroxyl groups excluding tert-OH is 2. The molecule has 5 nitrogen and oxygen atoms in total. The first-order valence-electron chi connectivity index (χ1n) is 10.4. The summed E-state index contributed by atoms with van der Waals surface area (Å²) in [4.78, 5) is 15.6. The largest absolute Gasteiger partial charge is 0.481 e. The molecule has 1 aromatic heterocycles. The molecular formula is C25H24FNO4. The number of halogens is 1. The van der Waals surface area contributed by atoms with Gasteiger partial charge in [0.2, 0.25) is 0 Å². The molecule has 2 aromatic carbocycles. The summed E-state index contributed by atoms with van der Waals surface area (Å²) in [5.74, 6) is -1.10. The summed E-state index contributed by atoms with van der Waals surface area (Å²) >= 11 is 0. The number of aliphatic carboxylic acids is 1. The van der Waals surface area contributed by atoms with Crippen molar-refractivity contribution in [2.75, 3.05) is 0 Å². The van der Waals surface area contributed by atoms with Crippen molar-refractivity contribution in [3.63, 3.8) is 0 Å². The molecule has 0 spiro atoms. The lowest BCUT2D eigenvalue weighted by Gasteiger charge is -2.16. The van der Waals surface area contributed by atoms with E-state index in [0.717, 1.165) is 46.1 Å². The minimum Gasteiger partial charge on any atom is -0.481 e. The lowest BCUT2D eigenvalue weighted by molar-refractivity contribution is -0.139. The number of aliphatic hydroxyl groups is 2. The topological polar surface area (TPSA) is 90.7 Å². The molecule has 0 unspecified atom stereocenters. The molecule has 0 bridgehead atoms. The molecule has 0 saturated heterocycles. The Morgan fingerprint density at radius 3 is 2.52 bits per heavy atom. The third kappa shape index (κ3) is 4.98. The number of hydrogen-bond acceptors (Lipinski definition) is 4. The monoisotopic (exact) mass is 421 g/mol. The van der Waals surface area contributed by atoms with Gasteiger partial charge < -0.3 is 15.3 Å². The molecule has 2 atom stereocenters. The molecule has 1 fully saturated rings. The lowest BCUT2D eigenvalue weighted by atomic mass is 9.92. The van der Waals surface area contributed by atoms with E-state index in [9.17, 15) is 19.4 Å². The van der Waals surface area contributed by atoms with Crippen LogP contribution in [0.2, 0.25) is 0 Å². The van der Waals surface area contributed by atoms with E-state index in [4.69, 9.17) is 10.1 Å². The number of rotatable bonds is 8. The fraction of sp³-hybridized carbons (Fsp3) is 0.280. The Bertz CT molecular complexity index is 1120. The summed E-state index contributed by atoms with van der Waals surface area (Å²) in [6.07, 6.45) is 2.80. The number of pyridine rings is 1. The second-order valence-corrected chi connectivity index (χ2v) is 8.00. The van der Waals surface area contributed by atoms with Gasteiger partial charge in [0, 0.05) is 28.9 Å². The van der Waals surface area contributed by atoms with Crippen LogP contribution in [0, 0.1) is 5.82 Å². The number of hydrogen-bond donors (Lipinski definition) is 3. The number of carboxylic acids is 1. The van der Waals surface area contributed by atoms with Crippen LogP contribution in [0.4, 0.5) is 4.39 Å². The van der Waals surface area contributed by atoms with Crippen LogP contribution in [0.3, 0.4) is 0 Å². The predicted molar refractivity (Wildman–Crippen MR) is 117 cm³/mol. The highest BCUT2D eigenvalue weighted by Gasteiger charge is 2.29. The van der Waals surface area contributed by atoms with Crippen molar-refractivity contribution in [2.24, 2.45) is 0 Å². The van der Waals surface area contributed by atoms with Crippen molar-refractivity contribution in [3.05, 3.63) is 71.7 Å². The maximum Gasteiger partial charge on any atom is 0.305 e. The molecule has 3 N–H and O–H groups in total. The summed E-state index contributed by atoms with van der Waals surface area (Å²) in [6, 6.07) is 14.1. The molecule has 3 aromatic rings. The third-order valence-corrected chi connectivity index (χ3v) is 5.47. The van der Waals surface area contributed by atoms with Crippen LogP contribution in [0.15, 0.2) is 54.6 Å². The van der Waals surface area contributed by atoms with E-state index < -0.39 is 24.6 Å². The summed E-state index contributed by atoms with van der Waals surface area (Å²) in [5.41, 5.74) is 4.43. The van der Waals surface area contributed by atoms with Crippen LogP contribution in [0.25, 0.3) is 28.1 Å². The molecule has 0 amide bonds. The molecule has 0 aliphatic heterocycles. The predicted octanol–water partition coefficient (Wildman–Crippen LogP) is 4.52. The minimum atomic E-state index is -1.13. The van der Waals surface area contributed by atoms with Gasteiger partial charge in [-0.2, -0.15) is 0 Å². The SMILES string of the molecule is O=C(O)C[C@H](O)C[C@H](O)/C=C\c1c(C2CC2)nc2ccccc2c1-c1ccc(F)cc1. The van der Waals surface area contributed by atoms with E-state index in [1.165, 1.54) is 12.1 Å². The Kier molecular flexibility index (Phi) is 6.11. The second kappa shape index (κ2) is 8.96. The van der Waals surface area contributed by atoms with Crippen molar-refractivity contribution >= 4 is 22.9 Å². The van der Waals surface area contributed by atoms with Crippen molar-refractivity contribution in [1.29, 1.82) is 0 Å². The van der Waals surface area contributed by atoms with Crippen LogP contribution >= 0.6 is 0 Å². The first kappa shape index (κ1) is 21.2. The first-order chi connectivity index (χ1) is 14.9. The van der Waals surface area contributed by atoms with Gasteiger partial charge >= 0.3 is 5.97 Å². The maximum absolute atomic E-state index is 13.6. The van der Waals surface area contributed by atoms with E-state index in [0.29, 0.717) is 5.92 Å². The van der Waals surface area contributed by atoms with Crippen LogP contribution in [0.1, 0.15) is 42.9 Å². The number of aromatic nitrogens is 1. The van der Waals surface area contributed by atoms with E-state index in [1.807, 2.05) is 24.3 Å². The van der Waals surface area contributed by atoms with E-state index in [1.54, 1.807) is 24.3 Å². The Morgan fingerprint density at radius 1 is 1.13 bits per heavy atom. The number of fused-ring (bicyclic) bond motifs is 1. The molecule has 0 radical (unpaired) electrons. The molecule has 6 heteroatoms. The third-order valence-electron chi connectivity index (χ3n) is 5.47. The van der Waals surface area contributed by atoms with Gasteiger partial charge in [0.05, 0.1) is 29.8 Å².